The molecular weight excluding hydrogens is 392 g/mol. The van der Waals surface area contributed by atoms with Crippen molar-refractivity contribution in [2.24, 2.45) is 0 Å². The van der Waals surface area contributed by atoms with E-state index in [9.17, 15) is 18.0 Å². The van der Waals surface area contributed by atoms with Crippen LogP contribution in [0.25, 0.3) is 6.08 Å². The molecule has 7 nitrogen and oxygen atoms in total. The summed E-state index contributed by atoms with van der Waals surface area (Å²) in [4.78, 5) is 23.2. The third-order valence-electron chi connectivity index (χ3n) is 3.90. The topological polar surface area (TPSA) is 102 Å². The normalized spacial score (nSPS) is 11.2. The van der Waals surface area contributed by atoms with Crippen LogP contribution in [0.4, 0.5) is 4.79 Å². The predicted octanol–water partition coefficient (Wildman–Crippen LogP) is 2.54. The molecule has 0 fully saturated rings. The van der Waals surface area contributed by atoms with Crippen LogP contribution in [0.5, 0.6) is 0 Å². The highest BCUT2D eigenvalue weighted by atomic mass is 32.2. The van der Waals surface area contributed by atoms with Gasteiger partial charge in [0, 0.05) is 12.6 Å². The third-order valence-corrected chi connectivity index (χ3v) is 5.42. The van der Waals surface area contributed by atoms with E-state index in [2.05, 4.69) is 15.4 Å². The van der Waals surface area contributed by atoms with E-state index in [1.165, 1.54) is 18.2 Å². The number of sulfone groups is 1. The van der Waals surface area contributed by atoms with Gasteiger partial charge in [0.15, 0.2) is 9.84 Å². The molecule has 0 atom stereocenters. The summed E-state index contributed by atoms with van der Waals surface area (Å²) in [7, 11) is -3.65. The number of nitrogens with one attached hydrogen (secondary N) is 2. The lowest BCUT2D eigenvalue weighted by Gasteiger charge is -2.08. The Balaban J connectivity index is 1.80. The number of hydrogen-bond acceptors (Lipinski definition) is 5. The Kier molecular flexibility index (Phi) is 8.42. The molecule has 0 saturated carbocycles. The van der Waals surface area contributed by atoms with Crippen LogP contribution in [0.2, 0.25) is 0 Å². The average molecular weight is 416 g/mol. The SMILES string of the molecule is CCOC(=O)NCS(=O)(=O)c1ccc(CCNC(=O)C=Cc2ccccc2)cc1. The van der Waals surface area contributed by atoms with Crippen LogP contribution in [0.15, 0.2) is 65.6 Å². The van der Waals surface area contributed by atoms with Crippen LogP contribution < -0.4 is 10.6 Å². The van der Waals surface area contributed by atoms with E-state index in [-0.39, 0.29) is 17.4 Å². The number of benzene rings is 2. The molecular formula is C21H24N2O5S. The van der Waals surface area contributed by atoms with Crippen molar-refractivity contribution in [3.63, 3.8) is 0 Å². The van der Waals surface area contributed by atoms with Gasteiger partial charge in [-0.25, -0.2) is 13.2 Å². The summed E-state index contributed by atoms with van der Waals surface area (Å²) in [5, 5.41) is 4.99. The first-order valence-corrected chi connectivity index (χ1v) is 10.8. The summed E-state index contributed by atoms with van der Waals surface area (Å²) in [6.45, 7) is 2.22. The number of alkyl carbamates (subject to hydrolysis) is 1. The molecule has 29 heavy (non-hydrogen) atoms. The lowest BCUT2D eigenvalue weighted by atomic mass is 10.1. The largest absolute Gasteiger partial charge is 0.450 e. The van der Waals surface area contributed by atoms with Crippen LogP contribution in [0.3, 0.4) is 0 Å². The molecule has 0 aliphatic carbocycles. The Morgan fingerprint density at radius 2 is 1.69 bits per heavy atom. The van der Waals surface area contributed by atoms with Gasteiger partial charge in [-0.1, -0.05) is 42.5 Å². The molecule has 0 aliphatic rings. The molecule has 0 radical (unpaired) electrons. The van der Waals surface area contributed by atoms with Gasteiger partial charge in [-0.2, -0.15) is 0 Å². The van der Waals surface area contributed by atoms with Crippen LogP contribution >= 0.6 is 0 Å². The minimum Gasteiger partial charge on any atom is -0.450 e. The van der Waals surface area contributed by atoms with Gasteiger partial charge in [0.2, 0.25) is 5.91 Å². The molecule has 0 unspecified atom stereocenters. The number of hydrogen-bond donors (Lipinski definition) is 2. The average Bonchev–Trinajstić information content (AvgIpc) is 2.72. The lowest BCUT2D eigenvalue weighted by Crippen LogP contribution is -2.30. The van der Waals surface area contributed by atoms with Crippen molar-refractivity contribution in [1.29, 1.82) is 0 Å². The van der Waals surface area contributed by atoms with Crippen molar-refractivity contribution >= 4 is 27.9 Å². The molecule has 2 N–H and O–H groups in total. The van der Waals surface area contributed by atoms with E-state index in [1.807, 2.05) is 30.3 Å². The van der Waals surface area contributed by atoms with Crippen molar-refractivity contribution in [1.82, 2.24) is 10.6 Å². The van der Waals surface area contributed by atoms with Crippen LogP contribution in [-0.2, 0) is 25.8 Å². The minimum absolute atomic E-state index is 0.105. The quantitative estimate of drug-likeness (QED) is 0.612. The van der Waals surface area contributed by atoms with Gasteiger partial charge in [-0.05, 0) is 42.7 Å². The number of carbonyl (C=O) groups excluding carboxylic acids is 2. The van der Waals surface area contributed by atoms with E-state index in [4.69, 9.17) is 0 Å². The number of amides is 2. The van der Waals surface area contributed by atoms with Crippen molar-refractivity contribution in [3.8, 4) is 0 Å². The fourth-order valence-corrected chi connectivity index (χ4v) is 3.43. The second kappa shape index (κ2) is 11.0. The van der Waals surface area contributed by atoms with Gasteiger partial charge in [0.25, 0.3) is 0 Å². The summed E-state index contributed by atoms with van der Waals surface area (Å²) < 4.78 is 29.1. The van der Waals surface area contributed by atoms with Gasteiger partial charge < -0.3 is 15.4 Å². The minimum atomic E-state index is -3.65. The molecule has 154 valence electrons. The molecule has 0 saturated heterocycles. The summed E-state index contributed by atoms with van der Waals surface area (Å²) in [6, 6.07) is 15.8. The van der Waals surface area contributed by atoms with Crippen LogP contribution in [0, 0.1) is 0 Å². The summed E-state index contributed by atoms with van der Waals surface area (Å²) in [5.41, 5.74) is 1.83. The zero-order valence-electron chi connectivity index (χ0n) is 16.1. The molecule has 0 heterocycles. The summed E-state index contributed by atoms with van der Waals surface area (Å²) in [6.07, 6.45) is 3.00. The molecule has 2 aromatic carbocycles. The van der Waals surface area contributed by atoms with Gasteiger partial charge in [0.05, 0.1) is 11.5 Å². The summed E-state index contributed by atoms with van der Waals surface area (Å²) >= 11 is 0. The zero-order valence-corrected chi connectivity index (χ0v) is 16.9. The second-order valence-corrected chi connectivity index (χ2v) is 8.07. The Morgan fingerprint density at radius 1 is 1.00 bits per heavy atom. The number of carbonyl (C=O) groups is 2. The van der Waals surface area contributed by atoms with E-state index < -0.39 is 21.8 Å². The first-order chi connectivity index (χ1) is 13.9. The van der Waals surface area contributed by atoms with E-state index in [1.54, 1.807) is 25.1 Å². The smallest absolute Gasteiger partial charge is 0.407 e. The van der Waals surface area contributed by atoms with Crippen molar-refractivity contribution < 1.29 is 22.7 Å². The van der Waals surface area contributed by atoms with Crippen molar-refractivity contribution in [2.75, 3.05) is 19.0 Å². The highest BCUT2D eigenvalue weighted by Gasteiger charge is 2.16. The van der Waals surface area contributed by atoms with Gasteiger partial charge in [-0.3, -0.25) is 4.79 Å². The Morgan fingerprint density at radius 3 is 2.34 bits per heavy atom. The van der Waals surface area contributed by atoms with Crippen molar-refractivity contribution in [3.05, 3.63) is 71.8 Å². The number of ether oxygens (including phenoxy) is 1. The molecule has 0 aliphatic heterocycles. The molecule has 8 heteroatoms. The van der Waals surface area contributed by atoms with E-state index >= 15 is 0 Å². The van der Waals surface area contributed by atoms with Crippen molar-refractivity contribution in [2.45, 2.75) is 18.2 Å². The maximum absolute atomic E-state index is 12.2. The van der Waals surface area contributed by atoms with Crippen LogP contribution in [-0.4, -0.2) is 39.4 Å². The van der Waals surface area contributed by atoms with Gasteiger partial charge in [0.1, 0.15) is 5.88 Å². The monoisotopic (exact) mass is 416 g/mol. The summed E-state index contributed by atoms with van der Waals surface area (Å²) in [5.74, 6) is -0.729. The zero-order chi connectivity index (χ0) is 21.1. The standard InChI is InChI=1S/C21H24N2O5S/c1-2-28-21(25)23-16-29(26,27)19-11-8-18(9-12-19)14-15-22-20(24)13-10-17-6-4-3-5-7-17/h3-13H,2,14-16H2,1H3,(H,22,24)(H,23,25). The Bertz CT molecular complexity index is 939. The highest BCUT2D eigenvalue weighted by molar-refractivity contribution is 7.91. The molecule has 2 aromatic rings. The fourth-order valence-electron chi connectivity index (χ4n) is 2.41. The first-order valence-electron chi connectivity index (χ1n) is 9.14. The van der Waals surface area contributed by atoms with Gasteiger partial charge >= 0.3 is 6.09 Å². The molecule has 2 amide bonds. The van der Waals surface area contributed by atoms with Gasteiger partial charge in [-0.15, -0.1) is 0 Å². The van der Waals surface area contributed by atoms with E-state index in [0.29, 0.717) is 13.0 Å². The fraction of sp³-hybridized carbons (Fsp3) is 0.238. The Hall–Kier alpha value is -3.13. The highest BCUT2D eigenvalue weighted by Crippen LogP contribution is 2.12. The third kappa shape index (κ3) is 7.79. The van der Waals surface area contributed by atoms with E-state index in [0.717, 1.165) is 11.1 Å². The Labute approximate surface area is 170 Å². The molecule has 0 bridgehead atoms. The number of rotatable bonds is 9. The maximum atomic E-state index is 12.2. The molecule has 0 aromatic heterocycles. The molecule has 2 rings (SSSR count). The second-order valence-electron chi connectivity index (χ2n) is 6.09. The first kappa shape index (κ1) is 22.2. The van der Waals surface area contributed by atoms with Crippen LogP contribution in [0.1, 0.15) is 18.1 Å². The molecule has 0 spiro atoms. The maximum Gasteiger partial charge on any atom is 0.407 e. The predicted molar refractivity (Wildman–Crippen MR) is 111 cm³/mol. The lowest BCUT2D eigenvalue weighted by molar-refractivity contribution is -0.116.